The van der Waals surface area contributed by atoms with Gasteiger partial charge in [-0.1, -0.05) is 121 Å². The van der Waals surface area contributed by atoms with E-state index in [9.17, 15) is 0 Å². The summed E-state index contributed by atoms with van der Waals surface area (Å²) in [6, 6.07) is 15.2. The van der Waals surface area contributed by atoms with Crippen LogP contribution < -0.4 is 4.57 Å². The summed E-state index contributed by atoms with van der Waals surface area (Å²) in [5.41, 5.74) is 2.84. The fraction of sp³-hybridized carbons (Fsp3) is 0.607. The molecule has 0 fully saturated rings. The van der Waals surface area contributed by atoms with Crippen molar-refractivity contribution in [3.63, 3.8) is 0 Å². The minimum Gasteiger partial charge on any atom is -0.201 e. The lowest BCUT2D eigenvalue weighted by molar-refractivity contribution is -0.688. The molecule has 1 aromatic heterocycles. The second-order valence-electron chi connectivity index (χ2n) is 8.72. The lowest BCUT2D eigenvalue weighted by Crippen LogP contribution is -2.33. The Bertz CT molecular complexity index is 619. The molecule has 0 aliphatic rings. The third kappa shape index (κ3) is 11.8. The second kappa shape index (κ2) is 16.2. The van der Waals surface area contributed by atoms with Gasteiger partial charge in [-0.3, -0.25) is 0 Å². The van der Waals surface area contributed by atoms with Gasteiger partial charge >= 0.3 is 0 Å². The molecule has 0 saturated carbocycles. The zero-order valence-electron chi connectivity index (χ0n) is 19.0. The number of aromatic nitrogens is 1. The normalized spacial score (nSPS) is 11.1. The van der Waals surface area contributed by atoms with Gasteiger partial charge in [0.15, 0.2) is 18.9 Å². The maximum atomic E-state index is 2.33. The van der Waals surface area contributed by atoms with Gasteiger partial charge in [0.05, 0.1) is 0 Å². The summed E-state index contributed by atoms with van der Waals surface area (Å²) in [4.78, 5) is 0. The molecule has 0 amide bonds. The first-order valence-corrected chi connectivity index (χ1v) is 12.4. The summed E-state index contributed by atoms with van der Waals surface area (Å²) in [6.45, 7) is 3.26. The molecule has 0 unspecified atom stereocenters. The summed E-state index contributed by atoms with van der Waals surface area (Å²) < 4.78 is 2.31. The molecule has 0 N–H and O–H groups in total. The first-order valence-electron chi connectivity index (χ1n) is 12.4. The summed E-state index contributed by atoms with van der Waals surface area (Å²) >= 11 is 0. The number of benzene rings is 1. The number of hydrogen-bond donors (Lipinski definition) is 0. The Hall–Kier alpha value is -1.63. The van der Waals surface area contributed by atoms with Gasteiger partial charge < -0.3 is 0 Å². The van der Waals surface area contributed by atoms with E-state index in [4.69, 9.17) is 0 Å². The van der Waals surface area contributed by atoms with Crippen molar-refractivity contribution >= 4 is 0 Å². The molecule has 2 rings (SSSR count). The second-order valence-corrected chi connectivity index (χ2v) is 8.72. The van der Waals surface area contributed by atoms with Crippen molar-refractivity contribution in [2.45, 2.75) is 110 Å². The number of aryl methyl sites for hydroxylation is 1. The number of unbranched alkanes of at least 4 members (excludes halogenated alkanes) is 13. The molecule has 0 aliphatic carbocycles. The molecule has 0 aliphatic heterocycles. The zero-order chi connectivity index (χ0) is 20.4. The fourth-order valence-electron chi connectivity index (χ4n) is 4.14. The van der Waals surface area contributed by atoms with Crippen LogP contribution in [0.5, 0.6) is 0 Å². The van der Waals surface area contributed by atoms with Gasteiger partial charge in [-0.15, -0.1) is 0 Å². The molecule has 0 spiro atoms. The predicted octanol–water partition coefficient (Wildman–Crippen LogP) is 8.05. The summed E-state index contributed by atoms with van der Waals surface area (Å²) in [6.07, 6.45) is 25.7. The highest BCUT2D eigenvalue weighted by atomic mass is 14.9. The monoisotopic (exact) mass is 394 g/mol. The maximum absolute atomic E-state index is 2.33. The highest BCUT2D eigenvalue weighted by Crippen LogP contribution is 2.13. The highest BCUT2D eigenvalue weighted by molar-refractivity contribution is 5.13. The number of rotatable bonds is 17. The third-order valence-electron chi connectivity index (χ3n) is 5.95. The van der Waals surface area contributed by atoms with Gasteiger partial charge in [0.2, 0.25) is 0 Å². The van der Waals surface area contributed by atoms with Crippen LogP contribution in [0.4, 0.5) is 0 Å². The molecule has 1 aromatic carbocycles. The Balaban J connectivity index is 1.44. The molecular weight excluding hydrogens is 350 g/mol. The van der Waals surface area contributed by atoms with Crippen LogP contribution in [0.1, 0.15) is 108 Å². The molecular formula is C28H44N+. The van der Waals surface area contributed by atoms with E-state index < -0.39 is 0 Å². The molecule has 1 heteroatoms. The van der Waals surface area contributed by atoms with Crippen LogP contribution in [0.2, 0.25) is 0 Å². The van der Waals surface area contributed by atoms with Crippen molar-refractivity contribution in [2.24, 2.45) is 0 Å². The van der Waals surface area contributed by atoms with E-state index in [1.807, 2.05) is 0 Å². The van der Waals surface area contributed by atoms with Crippen LogP contribution in [0.15, 0.2) is 54.9 Å². The summed E-state index contributed by atoms with van der Waals surface area (Å²) in [7, 11) is 0. The van der Waals surface area contributed by atoms with Crippen LogP contribution in [-0.2, 0) is 13.0 Å². The van der Waals surface area contributed by atoms with Crippen LogP contribution >= 0.6 is 0 Å². The van der Waals surface area contributed by atoms with E-state index in [1.54, 1.807) is 0 Å². The first-order chi connectivity index (χ1) is 14.4. The van der Waals surface area contributed by atoms with Gasteiger partial charge in [-0.05, 0) is 18.9 Å². The topological polar surface area (TPSA) is 3.88 Å². The quantitative estimate of drug-likeness (QED) is 0.189. The molecule has 160 valence electrons. The average molecular weight is 395 g/mol. The first kappa shape index (κ1) is 23.6. The molecule has 29 heavy (non-hydrogen) atoms. The van der Waals surface area contributed by atoms with Crippen LogP contribution in [-0.4, -0.2) is 0 Å². The van der Waals surface area contributed by atoms with Crippen molar-refractivity contribution in [1.29, 1.82) is 0 Å². The van der Waals surface area contributed by atoms with Crippen molar-refractivity contribution in [2.75, 3.05) is 0 Å². The van der Waals surface area contributed by atoms with E-state index in [-0.39, 0.29) is 0 Å². The van der Waals surface area contributed by atoms with Gasteiger partial charge in [0.1, 0.15) is 0 Å². The Kier molecular flexibility index (Phi) is 13.2. The highest BCUT2D eigenvalue weighted by Gasteiger charge is 2.04. The minimum absolute atomic E-state index is 0.966. The Labute approximate surface area is 180 Å². The smallest absolute Gasteiger partial charge is 0.173 e. The number of nitrogens with zero attached hydrogens (tertiary/aromatic N) is 1. The van der Waals surface area contributed by atoms with Crippen LogP contribution in [0.3, 0.4) is 0 Å². The Morgan fingerprint density at radius 2 is 1.07 bits per heavy atom. The van der Waals surface area contributed by atoms with E-state index in [2.05, 4.69) is 66.3 Å². The van der Waals surface area contributed by atoms with Gasteiger partial charge in [0, 0.05) is 17.2 Å². The van der Waals surface area contributed by atoms with E-state index in [0.29, 0.717) is 0 Å². The van der Waals surface area contributed by atoms with Crippen LogP contribution in [0, 0.1) is 0 Å². The molecule has 0 atom stereocenters. The van der Waals surface area contributed by atoms with Gasteiger partial charge in [-0.2, -0.15) is 0 Å². The molecule has 2 aromatic rings. The van der Waals surface area contributed by atoms with Crippen LogP contribution in [0.25, 0.3) is 0 Å². The lowest BCUT2D eigenvalue weighted by atomic mass is 10.0. The number of pyridine rings is 1. The van der Waals surface area contributed by atoms with Crippen molar-refractivity contribution in [3.05, 3.63) is 66.0 Å². The number of hydrogen-bond acceptors (Lipinski definition) is 0. The van der Waals surface area contributed by atoms with Crippen molar-refractivity contribution in [3.8, 4) is 0 Å². The Morgan fingerprint density at radius 1 is 0.552 bits per heavy atom. The summed E-state index contributed by atoms with van der Waals surface area (Å²) in [5.74, 6) is 0. The van der Waals surface area contributed by atoms with E-state index in [0.717, 1.165) is 6.54 Å². The molecule has 0 radical (unpaired) electrons. The fourth-order valence-corrected chi connectivity index (χ4v) is 4.14. The molecule has 1 heterocycles. The molecule has 0 saturated heterocycles. The van der Waals surface area contributed by atoms with E-state index in [1.165, 1.54) is 107 Å². The maximum Gasteiger partial charge on any atom is 0.173 e. The largest absolute Gasteiger partial charge is 0.201 e. The minimum atomic E-state index is 0.966. The van der Waals surface area contributed by atoms with E-state index >= 15 is 0 Å². The zero-order valence-corrected chi connectivity index (χ0v) is 19.0. The van der Waals surface area contributed by atoms with Gasteiger partial charge in [-0.25, -0.2) is 4.57 Å². The summed E-state index contributed by atoms with van der Waals surface area (Å²) in [5, 5.41) is 0. The van der Waals surface area contributed by atoms with Gasteiger partial charge in [0.25, 0.3) is 0 Å². The average Bonchev–Trinajstić information content (AvgIpc) is 2.75. The predicted molar refractivity (Wildman–Crippen MR) is 126 cm³/mol. The molecule has 1 nitrogen and oxygen atoms in total. The van der Waals surface area contributed by atoms with Crippen molar-refractivity contribution in [1.82, 2.24) is 0 Å². The molecule has 0 bridgehead atoms. The standard InChI is InChI=1S/C28H44N/c1-2-3-4-5-6-7-8-9-10-11-12-13-14-16-20-28-23-19-24-29(26-28)25-27-21-17-15-18-22-27/h15,17-19,21-24,26H,2-14,16,20,25H2,1H3/q+1. The SMILES string of the molecule is CCCCCCCCCCCCCCCCc1ccc[n+](Cc2ccccc2)c1. The lowest BCUT2D eigenvalue weighted by Gasteiger charge is -2.04. The third-order valence-corrected chi connectivity index (χ3v) is 5.95. The van der Waals surface area contributed by atoms with Crippen molar-refractivity contribution < 1.29 is 4.57 Å². The Morgan fingerprint density at radius 3 is 1.66 bits per heavy atom.